The molecule has 258 valence electrons. The number of morpholine rings is 1. The van der Waals surface area contributed by atoms with Crippen LogP contribution >= 0.6 is 0 Å². The van der Waals surface area contributed by atoms with Crippen LogP contribution in [0.2, 0.25) is 0 Å². The first-order chi connectivity index (χ1) is 23.6. The predicted molar refractivity (Wildman–Crippen MR) is 177 cm³/mol. The molecule has 0 aromatic heterocycles. The summed E-state index contributed by atoms with van der Waals surface area (Å²) in [5.41, 5.74) is 8.86. The monoisotopic (exact) mass is 678 g/mol. The predicted octanol–water partition coefficient (Wildman–Crippen LogP) is 5.95. The van der Waals surface area contributed by atoms with Crippen LogP contribution in [0.4, 0.5) is 28.0 Å². The first-order valence-corrected chi connectivity index (χ1v) is 16.0. The SMILES string of the molecule is C[C@H]1O[C@H](CCc2c(F)cccc2NC(=O)C(N)C(c2ccc(F)cc2)c2ccc(F)cc2)CN[C@@H]1COC(=O)NCc1ccc(F)cc1. The van der Waals surface area contributed by atoms with Crippen molar-refractivity contribution in [1.82, 2.24) is 10.6 Å². The van der Waals surface area contributed by atoms with Crippen molar-refractivity contribution in [3.8, 4) is 0 Å². The van der Waals surface area contributed by atoms with Gasteiger partial charge < -0.3 is 31.2 Å². The molecule has 5 rings (SSSR count). The molecule has 1 aliphatic heterocycles. The summed E-state index contributed by atoms with van der Waals surface area (Å²) in [4.78, 5) is 25.7. The van der Waals surface area contributed by atoms with E-state index in [0.29, 0.717) is 24.1 Å². The van der Waals surface area contributed by atoms with Gasteiger partial charge in [-0.2, -0.15) is 0 Å². The largest absolute Gasteiger partial charge is 0.448 e. The summed E-state index contributed by atoms with van der Waals surface area (Å²) in [6.45, 7) is 2.52. The Balaban J connectivity index is 1.16. The number of hydrogen-bond donors (Lipinski definition) is 4. The standard InChI is InChI=1S/C37H38F4N4O4/c1-22-33(21-48-37(47)44-19-23-5-11-26(38)12-6-23)43-20-29(49-22)17-18-30-31(41)3-2-4-32(30)45-36(46)35(42)34(24-7-13-27(39)14-8-24)25-9-15-28(40)16-10-25/h2-16,22,29,33-35,43H,17-21,42H2,1H3,(H,44,47)(H,45,46)/t22-,29-,33-,35?/m1/s1. The fourth-order valence-corrected chi connectivity index (χ4v) is 5.80. The molecule has 4 aromatic carbocycles. The van der Waals surface area contributed by atoms with Crippen LogP contribution in [-0.4, -0.2) is 49.4 Å². The van der Waals surface area contributed by atoms with Crippen LogP contribution < -0.4 is 21.7 Å². The zero-order valence-corrected chi connectivity index (χ0v) is 26.8. The summed E-state index contributed by atoms with van der Waals surface area (Å²) in [7, 11) is 0. The molecule has 1 heterocycles. The third-order valence-corrected chi connectivity index (χ3v) is 8.54. The molecule has 49 heavy (non-hydrogen) atoms. The molecule has 2 amide bonds. The van der Waals surface area contributed by atoms with Crippen molar-refractivity contribution >= 4 is 17.7 Å². The highest BCUT2D eigenvalue weighted by atomic mass is 19.1. The van der Waals surface area contributed by atoms with E-state index in [-0.39, 0.29) is 54.9 Å². The second kappa shape index (κ2) is 16.6. The number of halogens is 4. The lowest BCUT2D eigenvalue weighted by Gasteiger charge is -2.35. The molecule has 0 saturated carbocycles. The molecule has 0 aliphatic carbocycles. The zero-order valence-electron chi connectivity index (χ0n) is 26.8. The minimum atomic E-state index is -1.18. The Morgan fingerprint density at radius 2 is 1.49 bits per heavy atom. The van der Waals surface area contributed by atoms with Gasteiger partial charge in [-0.1, -0.05) is 42.5 Å². The van der Waals surface area contributed by atoms with Gasteiger partial charge in [0.05, 0.1) is 24.3 Å². The Morgan fingerprint density at radius 1 is 0.898 bits per heavy atom. The van der Waals surface area contributed by atoms with Gasteiger partial charge in [0.15, 0.2) is 0 Å². The number of benzene rings is 4. The third kappa shape index (κ3) is 9.65. The molecule has 1 saturated heterocycles. The van der Waals surface area contributed by atoms with Gasteiger partial charge in [0.2, 0.25) is 5.91 Å². The van der Waals surface area contributed by atoms with Crippen molar-refractivity contribution in [2.24, 2.45) is 5.73 Å². The van der Waals surface area contributed by atoms with Crippen LogP contribution in [0.25, 0.3) is 0 Å². The average Bonchev–Trinajstić information content (AvgIpc) is 3.09. The number of nitrogens with two attached hydrogens (primary N) is 1. The number of ether oxygens (including phenoxy) is 2. The van der Waals surface area contributed by atoms with Gasteiger partial charge in [0.1, 0.15) is 29.9 Å². The van der Waals surface area contributed by atoms with E-state index < -0.39 is 41.4 Å². The molecule has 5 N–H and O–H groups in total. The minimum absolute atomic E-state index is 0.0593. The lowest BCUT2D eigenvalue weighted by Crippen LogP contribution is -2.54. The van der Waals surface area contributed by atoms with E-state index in [1.165, 1.54) is 72.8 Å². The van der Waals surface area contributed by atoms with E-state index in [9.17, 15) is 22.8 Å². The van der Waals surface area contributed by atoms with Crippen molar-refractivity contribution in [3.63, 3.8) is 0 Å². The quantitative estimate of drug-likeness (QED) is 0.138. The first kappa shape index (κ1) is 35.5. The van der Waals surface area contributed by atoms with E-state index in [0.717, 1.165) is 5.56 Å². The molecule has 12 heteroatoms. The number of hydrogen-bond acceptors (Lipinski definition) is 6. The lowest BCUT2D eigenvalue weighted by atomic mass is 9.85. The molecular formula is C37H38F4N4O4. The molecule has 4 atom stereocenters. The maximum Gasteiger partial charge on any atom is 0.407 e. The molecule has 0 radical (unpaired) electrons. The van der Waals surface area contributed by atoms with Gasteiger partial charge in [-0.05, 0) is 85.0 Å². The number of nitrogens with one attached hydrogen (secondary N) is 3. The van der Waals surface area contributed by atoms with E-state index in [2.05, 4.69) is 16.0 Å². The van der Waals surface area contributed by atoms with E-state index in [1.807, 2.05) is 6.92 Å². The van der Waals surface area contributed by atoms with Crippen molar-refractivity contribution < 1.29 is 36.6 Å². The van der Waals surface area contributed by atoms with Gasteiger partial charge in [-0.15, -0.1) is 0 Å². The normalized spacial score (nSPS) is 18.1. The molecule has 8 nitrogen and oxygen atoms in total. The average molecular weight is 679 g/mol. The number of carbonyl (C=O) groups is 2. The molecule has 1 unspecified atom stereocenters. The molecule has 1 aliphatic rings. The van der Waals surface area contributed by atoms with Crippen LogP contribution in [0.3, 0.4) is 0 Å². The third-order valence-electron chi connectivity index (χ3n) is 8.54. The summed E-state index contributed by atoms with van der Waals surface area (Å²) in [5, 5.41) is 8.71. The number of carbonyl (C=O) groups excluding carboxylic acids is 2. The van der Waals surface area contributed by atoms with E-state index in [4.69, 9.17) is 15.2 Å². The minimum Gasteiger partial charge on any atom is -0.448 e. The Hall–Kier alpha value is -4.78. The molecule has 0 spiro atoms. The Bertz CT molecular complexity index is 1660. The summed E-state index contributed by atoms with van der Waals surface area (Å²) in [6.07, 6.45) is -0.562. The first-order valence-electron chi connectivity index (χ1n) is 16.0. The number of alkyl carbamates (subject to hydrolysis) is 1. The molecule has 0 bridgehead atoms. The maximum atomic E-state index is 15.1. The Kier molecular flexibility index (Phi) is 12.0. The molecular weight excluding hydrogens is 640 g/mol. The highest BCUT2D eigenvalue weighted by molar-refractivity contribution is 5.96. The lowest BCUT2D eigenvalue weighted by molar-refractivity contribution is -0.117. The summed E-state index contributed by atoms with van der Waals surface area (Å²) in [5.74, 6) is -3.11. The van der Waals surface area contributed by atoms with E-state index in [1.54, 1.807) is 18.2 Å². The van der Waals surface area contributed by atoms with Gasteiger partial charge in [0.25, 0.3) is 0 Å². The van der Waals surface area contributed by atoms with E-state index >= 15 is 4.39 Å². The summed E-state index contributed by atoms with van der Waals surface area (Å²) >= 11 is 0. The topological polar surface area (TPSA) is 115 Å². The maximum absolute atomic E-state index is 15.1. The van der Waals surface area contributed by atoms with Crippen LogP contribution in [-0.2, 0) is 27.2 Å². The van der Waals surface area contributed by atoms with Crippen molar-refractivity contribution in [3.05, 3.63) is 137 Å². The smallest absolute Gasteiger partial charge is 0.407 e. The van der Waals surface area contributed by atoms with Crippen molar-refractivity contribution in [1.29, 1.82) is 0 Å². The number of amides is 2. The van der Waals surface area contributed by atoms with Crippen LogP contribution in [0.1, 0.15) is 41.5 Å². The zero-order chi connectivity index (χ0) is 34.9. The highest BCUT2D eigenvalue weighted by Crippen LogP contribution is 2.30. The van der Waals surface area contributed by atoms with Crippen LogP contribution in [0.5, 0.6) is 0 Å². The second-order valence-electron chi connectivity index (χ2n) is 12.0. The second-order valence-corrected chi connectivity index (χ2v) is 12.0. The van der Waals surface area contributed by atoms with Gasteiger partial charge >= 0.3 is 6.09 Å². The van der Waals surface area contributed by atoms with Crippen molar-refractivity contribution in [2.75, 3.05) is 18.5 Å². The van der Waals surface area contributed by atoms with Gasteiger partial charge in [-0.3, -0.25) is 4.79 Å². The van der Waals surface area contributed by atoms with Crippen molar-refractivity contribution in [2.45, 2.75) is 56.5 Å². The highest BCUT2D eigenvalue weighted by Gasteiger charge is 2.31. The number of rotatable bonds is 12. The number of anilines is 1. The molecule has 1 fully saturated rings. The fourth-order valence-electron chi connectivity index (χ4n) is 5.80. The Labute approximate surface area is 282 Å². The summed E-state index contributed by atoms with van der Waals surface area (Å²) < 4.78 is 67.1. The summed E-state index contributed by atoms with van der Waals surface area (Å²) in [6, 6.07) is 19.8. The fraction of sp³-hybridized carbons (Fsp3) is 0.297. The van der Waals surface area contributed by atoms with Crippen LogP contribution in [0.15, 0.2) is 91.0 Å². The van der Waals surface area contributed by atoms with Gasteiger partial charge in [0, 0.05) is 30.3 Å². The van der Waals surface area contributed by atoms with Gasteiger partial charge in [-0.25, -0.2) is 22.4 Å². The Morgan fingerprint density at radius 3 is 2.08 bits per heavy atom. The van der Waals surface area contributed by atoms with Crippen LogP contribution in [0, 0.1) is 23.3 Å². The molecule has 4 aromatic rings.